The van der Waals surface area contributed by atoms with Crippen molar-refractivity contribution in [1.82, 2.24) is 9.88 Å². The lowest BCUT2D eigenvalue weighted by Crippen LogP contribution is -2.38. The van der Waals surface area contributed by atoms with Gasteiger partial charge in [-0.25, -0.2) is 0 Å². The van der Waals surface area contributed by atoms with E-state index < -0.39 is 11.5 Å². The third kappa shape index (κ3) is 4.71. The van der Waals surface area contributed by atoms with Crippen LogP contribution in [-0.4, -0.2) is 23.4 Å². The topological polar surface area (TPSA) is 77.4 Å². The lowest BCUT2D eigenvalue weighted by Gasteiger charge is -2.31. The lowest BCUT2D eigenvalue weighted by atomic mass is 9.73. The summed E-state index contributed by atoms with van der Waals surface area (Å²) < 4.78 is 6.59. The Morgan fingerprint density at radius 1 is 1.12 bits per heavy atom. The monoisotopic (exact) mass is 464 g/mol. The van der Waals surface area contributed by atoms with Crippen LogP contribution >= 0.6 is 11.6 Å². The second-order valence-corrected chi connectivity index (χ2v) is 9.46. The highest BCUT2D eigenvalue weighted by Gasteiger charge is 2.35. The summed E-state index contributed by atoms with van der Waals surface area (Å²) in [5.41, 5.74) is 1.49. The van der Waals surface area contributed by atoms with Gasteiger partial charge in [0.2, 0.25) is 0 Å². The number of fused-ring (bicyclic) bond motifs is 1. The van der Waals surface area contributed by atoms with Crippen molar-refractivity contribution in [3.05, 3.63) is 92.4 Å². The number of rotatable bonds is 5. The average molecular weight is 465 g/mol. The second kappa shape index (κ2) is 8.87. The van der Waals surface area contributed by atoms with E-state index in [9.17, 15) is 14.4 Å². The molecule has 0 unspecified atom stereocenters. The zero-order valence-corrected chi connectivity index (χ0v) is 19.5. The van der Waals surface area contributed by atoms with Gasteiger partial charge in [-0.1, -0.05) is 37.6 Å². The Bertz CT molecular complexity index is 1290. The molecule has 1 amide bonds. The van der Waals surface area contributed by atoms with Crippen LogP contribution in [0.25, 0.3) is 5.69 Å². The molecule has 1 aliphatic carbocycles. The van der Waals surface area contributed by atoms with E-state index in [1.807, 2.05) is 38.1 Å². The highest BCUT2D eigenvalue weighted by Crippen LogP contribution is 2.35. The summed E-state index contributed by atoms with van der Waals surface area (Å²) in [7, 11) is 1.58. The number of hydrogen-bond acceptors (Lipinski definition) is 4. The molecule has 0 radical (unpaired) electrons. The number of nitrogens with zero attached hydrogens (tertiary/aromatic N) is 1. The molecule has 0 saturated heterocycles. The van der Waals surface area contributed by atoms with E-state index in [1.165, 1.54) is 4.57 Å². The van der Waals surface area contributed by atoms with E-state index in [-0.39, 0.29) is 23.3 Å². The molecule has 7 heteroatoms. The number of carbonyl (C=O) groups excluding carboxylic acids is 2. The van der Waals surface area contributed by atoms with Crippen molar-refractivity contribution < 1.29 is 14.3 Å². The number of ether oxygens (including phenoxy) is 1. The summed E-state index contributed by atoms with van der Waals surface area (Å²) >= 11 is 6.00. The van der Waals surface area contributed by atoms with Crippen molar-refractivity contribution in [3.8, 4) is 11.4 Å². The van der Waals surface area contributed by atoms with Gasteiger partial charge in [0, 0.05) is 35.4 Å². The number of Topliss-reactive ketones (excluding diaryl/α,β-unsaturated/α-hetero) is 1. The van der Waals surface area contributed by atoms with Gasteiger partial charge < -0.3 is 10.1 Å². The van der Waals surface area contributed by atoms with Crippen molar-refractivity contribution in [2.45, 2.75) is 33.2 Å². The minimum absolute atomic E-state index is 0.00599. The van der Waals surface area contributed by atoms with Crippen LogP contribution in [0.2, 0.25) is 5.02 Å². The molecule has 2 aromatic carbocycles. The fourth-order valence-electron chi connectivity index (χ4n) is 4.23. The summed E-state index contributed by atoms with van der Waals surface area (Å²) in [4.78, 5) is 39.9. The Labute approximate surface area is 197 Å². The Morgan fingerprint density at radius 3 is 2.55 bits per heavy atom. The van der Waals surface area contributed by atoms with E-state index in [4.69, 9.17) is 16.3 Å². The number of aromatic nitrogens is 1. The van der Waals surface area contributed by atoms with Crippen LogP contribution in [0.15, 0.2) is 59.5 Å². The van der Waals surface area contributed by atoms with Crippen LogP contribution in [0.4, 0.5) is 0 Å². The van der Waals surface area contributed by atoms with Crippen molar-refractivity contribution in [1.29, 1.82) is 0 Å². The molecule has 170 valence electrons. The number of hydrogen-bond donors (Lipinski definition) is 1. The summed E-state index contributed by atoms with van der Waals surface area (Å²) in [6.07, 6.45) is 2.37. The fraction of sp³-hybridized carbons (Fsp3) is 0.269. The molecule has 1 aliphatic rings. The smallest absolute Gasteiger partial charge is 0.268 e. The molecular formula is C26H25ClN2O4. The number of ketones is 1. The molecular weight excluding hydrogens is 440 g/mol. The number of carbonyl (C=O) groups is 2. The molecule has 1 aromatic heterocycles. The van der Waals surface area contributed by atoms with Crippen molar-refractivity contribution in [3.63, 3.8) is 0 Å². The fourth-order valence-corrected chi connectivity index (χ4v) is 4.35. The number of pyridine rings is 1. The third-order valence-corrected chi connectivity index (χ3v) is 6.08. The van der Waals surface area contributed by atoms with E-state index >= 15 is 0 Å². The Balaban J connectivity index is 1.79. The van der Waals surface area contributed by atoms with Crippen LogP contribution < -0.4 is 15.6 Å². The first kappa shape index (κ1) is 22.8. The van der Waals surface area contributed by atoms with Crippen LogP contribution in [0.5, 0.6) is 5.75 Å². The van der Waals surface area contributed by atoms with E-state index in [2.05, 4.69) is 5.32 Å². The summed E-state index contributed by atoms with van der Waals surface area (Å²) in [5, 5.41) is 3.37. The van der Waals surface area contributed by atoms with E-state index in [0.29, 0.717) is 40.4 Å². The van der Waals surface area contributed by atoms with Crippen LogP contribution in [-0.2, 0) is 13.0 Å². The van der Waals surface area contributed by atoms with Gasteiger partial charge in [-0.2, -0.15) is 0 Å². The van der Waals surface area contributed by atoms with Crippen LogP contribution in [0.1, 0.15) is 52.1 Å². The van der Waals surface area contributed by atoms with Gasteiger partial charge in [-0.05, 0) is 59.4 Å². The number of halogens is 1. The van der Waals surface area contributed by atoms with E-state index in [0.717, 1.165) is 5.56 Å². The number of benzene rings is 2. The summed E-state index contributed by atoms with van der Waals surface area (Å²) in [5.74, 6) is 0.0926. The van der Waals surface area contributed by atoms with Gasteiger partial charge in [0.1, 0.15) is 11.3 Å². The maximum absolute atomic E-state index is 13.5. The SMILES string of the molecule is COc1cccc(CNC(=O)c2c3c(cn(-c4ccc(Cl)cc4)c2=O)C(=O)CC(C)(C)C3)c1. The Hall–Kier alpha value is -3.38. The molecule has 6 nitrogen and oxygen atoms in total. The molecule has 0 fully saturated rings. The number of methoxy groups -OCH3 is 1. The highest BCUT2D eigenvalue weighted by molar-refractivity contribution is 6.30. The summed E-state index contributed by atoms with van der Waals surface area (Å²) in [6, 6.07) is 14.0. The molecule has 0 spiro atoms. The van der Waals surface area contributed by atoms with Crippen LogP contribution in [0, 0.1) is 5.41 Å². The molecule has 4 rings (SSSR count). The van der Waals surface area contributed by atoms with Crippen LogP contribution in [0.3, 0.4) is 0 Å². The number of nitrogens with one attached hydrogen (secondary N) is 1. The maximum Gasteiger partial charge on any atom is 0.268 e. The Morgan fingerprint density at radius 2 is 1.85 bits per heavy atom. The average Bonchev–Trinajstić information content (AvgIpc) is 2.77. The molecule has 1 N–H and O–H groups in total. The molecule has 0 aliphatic heterocycles. The van der Waals surface area contributed by atoms with Gasteiger partial charge in [0.05, 0.1) is 7.11 Å². The van der Waals surface area contributed by atoms with Gasteiger partial charge >= 0.3 is 0 Å². The third-order valence-electron chi connectivity index (χ3n) is 5.83. The standard InChI is InChI=1S/C26H25ClN2O4/c1-26(2)12-20-21(22(30)13-26)15-29(18-9-7-17(27)8-10-18)25(32)23(20)24(31)28-14-16-5-4-6-19(11-16)33-3/h4-11,15H,12-14H2,1-3H3,(H,28,31). The van der Waals surface area contributed by atoms with Crippen molar-refractivity contribution in [2.24, 2.45) is 5.41 Å². The molecule has 0 saturated carbocycles. The quantitative estimate of drug-likeness (QED) is 0.599. The van der Waals surface area contributed by atoms with Gasteiger partial charge in [-0.3, -0.25) is 19.0 Å². The predicted octanol–water partition coefficient (Wildman–Crippen LogP) is 4.58. The first-order chi connectivity index (χ1) is 15.7. The Kier molecular flexibility index (Phi) is 6.13. The minimum Gasteiger partial charge on any atom is -0.497 e. The number of amides is 1. The molecule has 0 atom stereocenters. The van der Waals surface area contributed by atoms with Crippen molar-refractivity contribution >= 4 is 23.3 Å². The maximum atomic E-state index is 13.5. The zero-order valence-electron chi connectivity index (χ0n) is 18.8. The molecule has 33 heavy (non-hydrogen) atoms. The normalized spacial score (nSPS) is 14.5. The largest absolute Gasteiger partial charge is 0.497 e. The highest BCUT2D eigenvalue weighted by atomic mass is 35.5. The first-order valence-electron chi connectivity index (χ1n) is 10.7. The molecule has 1 heterocycles. The van der Waals surface area contributed by atoms with Gasteiger partial charge in [0.15, 0.2) is 5.78 Å². The minimum atomic E-state index is -0.507. The zero-order chi connectivity index (χ0) is 23.8. The van der Waals surface area contributed by atoms with Gasteiger partial charge in [-0.15, -0.1) is 0 Å². The predicted molar refractivity (Wildman–Crippen MR) is 128 cm³/mol. The van der Waals surface area contributed by atoms with Crippen molar-refractivity contribution in [2.75, 3.05) is 7.11 Å². The lowest BCUT2D eigenvalue weighted by molar-refractivity contribution is 0.0909. The summed E-state index contributed by atoms with van der Waals surface area (Å²) in [6.45, 7) is 4.16. The molecule has 0 bridgehead atoms. The van der Waals surface area contributed by atoms with E-state index in [1.54, 1.807) is 37.6 Å². The second-order valence-electron chi connectivity index (χ2n) is 9.02. The molecule has 3 aromatic rings. The first-order valence-corrected chi connectivity index (χ1v) is 11.0. The van der Waals surface area contributed by atoms with Gasteiger partial charge in [0.25, 0.3) is 11.5 Å².